The molecule has 1 aromatic carbocycles. The summed E-state index contributed by atoms with van der Waals surface area (Å²) < 4.78 is 32.2. The van der Waals surface area contributed by atoms with Gasteiger partial charge in [0.05, 0.1) is 13.0 Å². The summed E-state index contributed by atoms with van der Waals surface area (Å²) in [5.41, 5.74) is 1.37. The van der Waals surface area contributed by atoms with Gasteiger partial charge in [-0.25, -0.2) is 0 Å². The summed E-state index contributed by atoms with van der Waals surface area (Å²) in [6.45, 7) is 11.4. The molecular weight excluding hydrogens is 508 g/mol. The van der Waals surface area contributed by atoms with Crippen LogP contribution in [0.5, 0.6) is 0 Å². The Morgan fingerprint density at radius 1 is 0.842 bits per heavy atom. The SMILES string of the molecule is CCCCOC[C@H]1O[C@@H](c2ccc(Cl)c(CC(=O)O)c2)[C@H](OCCCC)[C@@H](OCCCC)[C@@H]1OCCCC. The van der Waals surface area contributed by atoms with E-state index >= 15 is 0 Å². The predicted octanol–water partition coefficient (Wildman–Crippen LogP) is 6.78. The van der Waals surface area contributed by atoms with Gasteiger partial charge in [-0.05, 0) is 42.9 Å². The van der Waals surface area contributed by atoms with Gasteiger partial charge >= 0.3 is 5.97 Å². The third-order valence-electron chi connectivity index (χ3n) is 6.72. The lowest BCUT2D eigenvalue weighted by Crippen LogP contribution is -2.58. The summed E-state index contributed by atoms with van der Waals surface area (Å²) in [7, 11) is 0. The van der Waals surface area contributed by atoms with E-state index in [0.29, 0.717) is 43.6 Å². The Morgan fingerprint density at radius 2 is 1.39 bits per heavy atom. The number of unbranched alkanes of at least 4 members (excludes halogenated alkanes) is 4. The molecule has 38 heavy (non-hydrogen) atoms. The Bertz CT molecular complexity index is 790. The first-order valence-corrected chi connectivity index (χ1v) is 14.9. The summed E-state index contributed by atoms with van der Waals surface area (Å²) in [5, 5.41) is 9.83. The molecule has 218 valence electrons. The van der Waals surface area contributed by atoms with Gasteiger partial charge in [-0.1, -0.05) is 77.1 Å². The van der Waals surface area contributed by atoms with Gasteiger partial charge in [0.2, 0.25) is 0 Å². The van der Waals surface area contributed by atoms with Gasteiger partial charge < -0.3 is 28.8 Å². The molecule has 1 N–H and O–H groups in total. The third kappa shape index (κ3) is 10.7. The van der Waals surface area contributed by atoms with Crippen LogP contribution in [-0.4, -0.2) is 68.5 Å². The van der Waals surface area contributed by atoms with Gasteiger partial charge in [0.1, 0.15) is 30.5 Å². The summed E-state index contributed by atoms with van der Waals surface area (Å²) in [6, 6.07) is 5.46. The molecule has 0 radical (unpaired) electrons. The molecule has 0 amide bonds. The minimum absolute atomic E-state index is 0.163. The number of carboxylic acid groups (broad SMARTS) is 1. The van der Waals surface area contributed by atoms with Crippen molar-refractivity contribution in [2.75, 3.05) is 33.0 Å². The minimum Gasteiger partial charge on any atom is -0.481 e. The van der Waals surface area contributed by atoms with Crippen molar-refractivity contribution in [2.45, 2.75) is 116 Å². The molecule has 0 spiro atoms. The lowest BCUT2D eigenvalue weighted by Gasteiger charge is -2.46. The van der Waals surface area contributed by atoms with E-state index in [2.05, 4.69) is 27.7 Å². The first-order chi connectivity index (χ1) is 18.5. The number of ether oxygens (including phenoxy) is 5. The Balaban J connectivity index is 2.46. The molecule has 1 aliphatic rings. The number of hydrogen-bond acceptors (Lipinski definition) is 6. The lowest BCUT2D eigenvalue weighted by atomic mass is 9.89. The molecule has 7 nitrogen and oxygen atoms in total. The summed E-state index contributed by atoms with van der Waals surface area (Å²) >= 11 is 6.35. The zero-order valence-corrected chi connectivity index (χ0v) is 24.5. The first-order valence-electron chi connectivity index (χ1n) is 14.5. The van der Waals surface area contributed by atoms with Crippen molar-refractivity contribution in [3.63, 3.8) is 0 Å². The van der Waals surface area contributed by atoms with Crippen molar-refractivity contribution < 1.29 is 33.6 Å². The predicted molar refractivity (Wildman–Crippen MR) is 150 cm³/mol. The highest BCUT2D eigenvalue weighted by Crippen LogP contribution is 2.38. The molecule has 0 saturated carbocycles. The fourth-order valence-electron chi connectivity index (χ4n) is 4.50. The van der Waals surface area contributed by atoms with E-state index in [1.54, 1.807) is 6.07 Å². The lowest BCUT2D eigenvalue weighted by molar-refractivity contribution is -0.268. The van der Waals surface area contributed by atoms with Crippen LogP contribution in [0.15, 0.2) is 18.2 Å². The van der Waals surface area contributed by atoms with Crippen molar-refractivity contribution in [1.82, 2.24) is 0 Å². The largest absolute Gasteiger partial charge is 0.481 e. The minimum atomic E-state index is -0.934. The molecule has 1 aromatic rings. The number of carbonyl (C=O) groups is 1. The van der Waals surface area contributed by atoms with E-state index in [-0.39, 0.29) is 24.7 Å². The molecule has 2 rings (SSSR count). The van der Waals surface area contributed by atoms with Crippen molar-refractivity contribution in [1.29, 1.82) is 0 Å². The molecule has 5 atom stereocenters. The van der Waals surface area contributed by atoms with Crippen LogP contribution in [-0.2, 0) is 34.9 Å². The third-order valence-corrected chi connectivity index (χ3v) is 7.09. The van der Waals surface area contributed by atoms with Gasteiger partial charge in [-0.15, -0.1) is 0 Å². The fraction of sp³-hybridized carbons (Fsp3) is 0.767. The van der Waals surface area contributed by atoms with Crippen LogP contribution in [0.3, 0.4) is 0 Å². The zero-order chi connectivity index (χ0) is 27.8. The topological polar surface area (TPSA) is 83.5 Å². The van der Waals surface area contributed by atoms with Crippen LogP contribution in [0.2, 0.25) is 5.02 Å². The molecule has 0 aliphatic carbocycles. The average Bonchev–Trinajstić information content (AvgIpc) is 2.89. The maximum absolute atomic E-state index is 11.5. The Morgan fingerprint density at radius 3 is 1.97 bits per heavy atom. The molecule has 0 bridgehead atoms. The van der Waals surface area contributed by atoms with E-state index in [0.717, 1.165) is 56.9 Å². The second kappa shape index (κ2) is 19.0. The van der Waals surface area contributed by atoms with E-state index < -0.39 is 18.2 Å². The highest BCUT2D eigenvalue weighted by molar-refractivity contribution is 6.31. The van der Waals surface area contributed by atoms with Crippen LogP contribution in [0.4, 0.5) is 0 Å². The van der Waals surface area contributed by atoms with E-state index in [9.17, 15) is 9.90 Å². The second-order valence-electron chi connectivity index (χ2n) is 10.0. The molecule has 1 heterocycles. The average molecular weight is 557 g/mol. The van der Waals surface area contributed by atoms with E-state index in [4.69, 9.17) is 35.3 Å². The Kier molecular flexibility index (Phi) is 16.5. The second-order valence-corrected chi connectivity index (χ2v) is 10.4. The number of carboxylic acids is 1. The number of benzene rings is 1. The Hall–Kier alpha value is -1.22. The molecule has 1 saturated heterocycles. The first kappa shape index (κ1) is 33.0. The highest BCUT2D eigenvalue weighted by atomic mass is 35.5. The number of rotatable bonds is 20. The normalized spacial score (nSPS) is 23.6. The van der Waals surface area contributed by atoms with Crippen LogP contribution in [0.25, 0.3) is 0 Å². The fourth-order valence-corrected chi connectivity index (χ4v) is 4.68. The van der Waals surface area contributed by atoms with Crippen LogP contribution >= 0.6 is 11.6 Å². The molecule has 0 unspecified atom stereocenters. The maximum Gasteiger partial charge on any atom is 0.307 e. The van der Waals surface area contributed by atoms with Crippen LogP contribution < -0.4 is 0 Å². The molecule has 1 fully saturated rings. The molecule has 0 aromatic heterocycles. The van der Waals surface area contributed by atoms with Gasteiger partial charge in [0.25, 0.3) is 0 Å². The Labute approximate surface area is 234 Å². The van der Waals surface area contributed by atoms with Crippen molar-refractivity contribution >= 4 is 17.6 Å². The van der Waals surface area contributed by atoms with Crippen LogP contribution in [0.1, 0.15) is 96.3 Å². The number of aliphatic carboxylic acids is 1. The summed E-state index contributed by atoms with van der Waals surface area (Å²) in [6.07, 6.45) is 5.78. The quantitative estimate of drug-likeness (QED) is 0.177. The smallest absolute Gasteiger partial charge is 0.307 e. The number of halogens is 1. The number of hydrogen-bond donors (Lipinski definition) is 1. The van der Waals surface area contributed by atoms with Crippen molar-refractivity contribution in [3.05, 3.63) is 34.3 Å². The van der Waals surface area contributed by atoms with E-state index in [1.165, 1.54) is 0 Å². The molecule has 8 heteroatoms. The maximum atomic E-state index is 11.5. The van der Waals surface area contributed by atoms with Gasteiger partial charge in [-0.2, -0.15) is 0 Å². The summed E-state index contributed by atoms with van der Waals surface area (Å²) in [5.74, 6) is -0.934. The molecule has 1 aliphatic heterocycles. The van der Waals surface area contributed by atoms with E-state index in [1.807, 2.05) is 12.1 Å². The van der Waals surface area contributed by atoms with Gasteiger partial charge in [0.15, 0.2) is 0 Å². The van der Waals surface area contributed by atoms with Crippen molar-refractivity contribution in [2.24, 2.45) is 0 Å². The zero-order valence-electron chi connectivity index (χ0n) is 23.8. The van der Waals surface area contributed by atoms with Gasteiger partial charge in [0, 0.05) is 31.5 Å². The molecular formula is C30H49ClO7. The monoisotopic (exact) mass is 556 g/mol. The van der Waals surface area contributed by atoms with Crippen LogP contribution in [0, 0.1) is 0 Å². The standard InChI is InChI=1S/C30H49ClO7/c1-5-9-15-34-21-25-28(35-16-10-6-2)30(37-18-12-8-4)29(36-17-11-7-3)27(38-25)22-13-14-24(31)23(19-22)20-26(32)33/h13-14,19,25,27-30H,5-12,15-18,20-21H2,1-4H3,(H,32,33)/t25-,27+,28-,29+,30+/m1/s1. The van der Waals surface area contributed by atoms with Crippen molar-refractivity contribution in [3.8, 4) is 0 Å². The van der Waals surface area contributed by atoms with Gasteiger partial charge in [-0.3, -0.25) is 4.79 Å². The summed E-state index contributed by atoms with van der Waals surface area (Å²) in [4.78, 5) is 11.5. The highest BCUT2D eigenvalue weighted by Gasteiger charge is 2.48.